The highest BCUT2D eigenvalue weighted by Gasteiger charge is 1.94. The maximum Gasteiger partial charge on any atom is 0.203 e. The Kier molecular flexibility index (Phi) is 2.00. The average molecular weight is 187 g/mol. The topological polar surface area (TPSA) is 34.0 Å². The summed E-state index contributed by atoms with van der Waals surface area (Å²) in [5.74, 6) is 0. The number of rotatable bonds is 2. The normalized spacial score (nSPS) is 10.7. The van der Waals surface area contributed by atoms with Gasteiger partial charge in [0.25, 0.3) is 0 Å². The maximum absolute atomic E-state index is 11.6. The van der Waals surface area contributed by atoms with Crippen molar-refractivity contribution in [2.45, 2.75) is 0 Å². The number of hydrogen-bond donors (Lipinski definition) is 1. The first-order chi connectivity index (χ1) is 7.29. The second-order valence-corrected chi connectivity index (χ2v) is 2.82. The van der Waals surface area contributed by atoms with Crippen molar-refractivity contribution in [3.63, 3.8) is 0 Å². The summed E-state index contributed by atoms with van der Waals surface area (Å²) in [7, 11) is 0. The van der Waals surface area contributed by atoms with E-state index in [2.05, 4.69) is 0 Å². The smallest absolute Gasteiger partial charge is 0.203 e. The fraction of sp³-hybridized carbons (Fsp3) is 0. The summed E-state index contributed by atoms with van der Waals surface area (Å²) in [6.45, 7) is 0. The predicted octanol–water partition coefficient (Wildman–Crippen LogP) is 1.72. The molecule has 14 heavy (non-hydrogen) atoms. The van der Waals surface area contributed by atoms with Crippen LogP contribution in [0, 0.1) is 0 Å². The van der Waals surface area contributed by atoms with Crippen LogP contribution in [0.4, 0.5) is 5.69 Å². The predicted molar refractivity (Wildman–Crippen MR) is 56.2 cm³/mol. The van der Waals surface area contributed by atoms with E-state index in [0.717, 1.165) is 5.42 Å². The molecule has 0 saturated carbocycles. The van der Waals surface area contributed by atoms with Gasteiger partial charge in [-0.1, -0.05) is 18.2 Å². The van der Waals surface area contributed by atoms with E-state index in [0.29, 0.717) is 5.69 Å². The van der Waals surface area contributed by atoms with Gasteiger partial charge in [0.1, 0.15) is 5.69 Å². The van der Waals surface area contributed by atoms with Gasteiger partial charge in [-0.15, -0.1) is 0 Å². The molecule has 2 aromatic rings. The summed E-state index contributed by atoms with van der Waals surface area (Å²) in [5, 5.41) is 0. The first kappa shape index (κ1) is 7.38. The van der Waals surface area contributed by atoms with Gasteiger partial charge in [0.05, 0.1) is 0 Å². The summed E-state index contributed by atoms with van der Waals surface area (Å²) >= 11 is 0. The van der Waals surface area contributed by atoms with Crippen molar-refractivity contribution >= 4 is 5.69 Å². The molecule has 0 atom stereocenters. The van der Waals surface area contributed by atoms with Crippen LogP contribution in [0.5, 0.6) is 0 Å². The highest BCUT2D eigenvalue weighted by Crippen LogP contribution is 1.98. The van der Waals surface area contributed by atoms with Crippen molar-refractivity contribution in [3.05, 3.63) is 65.1 Å². The van der Waals surface area contributed by atoms with Crippen molar-refractivity contribution in [2.75, 3.05) is 5.42 Å². The Labute approximate surface area is 83.1 Å². The molecule has 0 radical (unpaired) electrons. The van der Waals surface area contributed by atoms with Gasteiger partial charge in [0.2, 0.25) is 5.43 Å². The average Bonchev–Trinajstić information content (AvgIpc) is 2.68. The Balaban J connectivity index is 2.48. The molecule has 1 N–H and O–H groups in total. The minimum absolute atomic E-state index is 0.177. The number of hydrogen-bond acceptors (Lipinski definition) is 2. The number of nitrogens with one attached hydrogen (secondary N) is 1. The lowest BCUT2D eigenvalue weighted by Gasteiger charge is -2.03. The van der Waals surface area contributed by atoms with E-state index in [4.69, 9.17) is 1.41 Å². The third-order valence-corrected chi connectivity index (χ3v) is 1.79. The van der Waals surface area contributed by atoms with Gasteiger partial charge in [0, 0.05) is 12.4 Å². The molecule has 0 aliphatic heterocycles. The summed E-state index contributed by atoms with van der Waals surface area (Å²) in [4.78, 5) is 11.6. The third-order valence-electron chi connectivity index (χ3n) is 1.79. The monoisotopic (exact) mass is 187 g/mol. The molecule has 0 unspecified atom stereocenters. The quantitative estimate of drug-likeness (QED) is 0.776. The van der Waals surface area contributed by atoms with Crippen molar-refractivity contribution in [2.24, 2.45) is 0 Å². The SMILES string of the molecule is [2H]N(c1cccccc1=O)n1cccc1. The first-order valence-corrected chi connectivity index (χ1v) is 4.30. The van der Waals surface area contributed by atoms with Crippen LogP contribution in [0.1, 0.15) is 0 Å². The Morgan fingerprint density at radius 3 is 2.57 bits per heavy atom. The van der Waals surface area contributed by atoms with E-state index in [1.807, 2.05) is 0 Å². The van der Waals surface area contributed by atoms with E-state index in [-0.39, 0.29) is 5.43 Å². The zero-order valence-electron chi connectivity index (χ0n) is 8.50. The third kappa shape index (κ3) is 1.82. The van der Waals surface area contributed by atoms with Crippen molar-refractivity contribution in [3.8, 4) is 0 Å². The Morgan fingerprint density at radius 1 is 1.07 bits per heavy atom. The summed E-state index contributed by atoms with van der Waals surface area (Å²) in [6.07, 6.45) is 3.42. The van der Waals surface area contributed by atoms with Gasteiger partial charge in [-0.25, -0.2) is 0 Å². The van der Waals surface area contributed by atoms with Crippen LogP contribution < -0.4 is 10.8 Å². The van der Waals surface area contributed by atoms with E-state index in [9.17, 15) is 4.79 Å². The molecule has 3 heteroatoms. The van der Waals surface area contributed by atoms with Crippen LogP contribution in [-0.4, -0.2) is 4.68 Å². The molecule has 0 aliphatic carbocycles. The van der Waals surface area contributed by atoms with Gasteiger partial charge in [-0.3, -0.25) is 14.9 Å². The minimum Gasteiger partial charge on any atom is -0.291 e. The lowest BCUT2D eigenvalue weighted by atomic mass is 10.4. The molecule has 0 bridgehead atoms. The Morgan fingerprint density at radius 2 is 1.79 bits per heavy atom. The molecule has 0 fully saturated rings. The van der Waals surface area contributed by atoms with Gasteiger partial charge >= 0.3 is 0 Å². The molecule has 70 valence electrons. The fourth-order valence-corrected chi connectivity index (χ4v) is 1.12. The van der Waals surface area contributed by atoms with Crippen LogP contribution in [-0.2, 0) is 0 Å². The highest BCUT2D eigenvalue weighted by molar-refractivity contribution is 5.41. The van der Waals surface area contributed by atoms with Crippen LogP contribution in [0.15, 0.2) is 59.7 Å². The summed E-state index contributed by atoms with van der Waals surface area (Å²) in [5.41, 5.74) is 1.20. The van der Waals surface area contributed by atoms with Crippen molar-refractivity contribution in [1.82, 2.24) is 4.68 Å². The highest BCUT2D eigenvalue weighted by atomic mass is 16.1. The fourth-order valence-electron chi connectivity index (χ4n) is 1.12. The minimum atomic E-state index is -0.177. The number of nitrogens with zero attached hydrogens (tertiary/aromatic N) is 1. The lowest BCUT2D eigenvalue weighted by molar-refractivity contribution is 0.969. The van der Waals surface area contributed by atoms with E-state index < -0.39 is 0 Å². The maximum atomic E-state index is 11.6. The van der Waals surface area contributed by atoms with Crippen LogP contribution in [0.3, 0.4) is 0 Å². The van der Waals surface area contributed by atoms with E-state index in [1.165, 1.54) is 10.7 Å². The van der Waals surface area contributed by atoms with Gasteiger partial charge in [-0.2, -0.15) is 0 Å². The lowest BCUT2D eigenvalue weighted by Crippen LogP contribution is -2.12. The van der Waals surface area contributed by atoms with Gasteiger partial charge in [0.15, 0.2) is 1.41 Å². The van der Waals surface area contributed by atoms with Crippen LogP contribution >= 0.6 is 0 Å². The largest absolute Gasteiger partial charge is 0.291 e. The molecule has 0 amide bonds. The van der Waals surface area contributed by atoms with Gasteiger partial charge < -0.3 is 0 Å². The molecular weight excluding hydrogens is 176 g/mol. The second-order valence-electron chi connectivity index (χ2n) is 2.82. The molecule has 0 spiro atoms. The molecule has 2 rings (SSSR count). The second kappa shape index (κ2) is 3.79. The summed E-state index contributed by atoms with van der Waals surface area (Å²) < 4.78 is 9.32. The standard InChI is InChI=1S/C11H10N2O/c14-11-7-3-1-2-6-10(11)12-13-8-4-5-9-13/h1-9H,(H,12,14)/i/hD. The molecule has 3 nitrogen and oxygen atoms in total. The first-order valence-electron chi connectivity index (χ1n) is 4.75. The molecule has 0 saturated heterocycles. The number of aromatic nitrogens is 1. The Hall–Kier alpha value is -2.03. The van der Waals surface area contributed by atoms with Gasteiger partial charge in [-0.05, 0) is 24.3 Å². The Bertz CT molecular complexity index is 496. The molecule has 1 aromatic carbocycles. The van der Waals surface area contributed by atoms with Crippen molar-refractivity contribution in [1.29, 1.82) is 0 Å². The summed E-state index contributed by atoms with van der Waals surface area (Å²) in [6, 6.07) is 11.8. The molecule has 1 heterocycles. The number of anilines is 1. The molecule has 1 aromatic heterocycles. The molecular formula is C11H10N2O. The van der Waals surface area contributed by atoms with E-state index >= 15 is 0 Å². The van der Waals surface area contributed by atoms with Crippen LogP contribution in [0.2, 0.25) is 1.41 Å². The van der Waals surface area contributed by atoms with Crippen LogP contribution in [0.25, 0.3) is 0 Å². The zero-order chi connectivity index (χ0) is 10.7. The molecule has 0 aliphatic rings. The van der Waals surface area contributed by atoms with E-state index in [1.54, 1.807) is 48.8 Å². The zero-order valence-corrected chi connectivity index (χ0v) is 7.50. The van der Waals surface area contributed by atoms with Crippen molar-refractivity contribution < 1.29 is 1.41 Å².